The van der Waals surface area contributed by atoms with Crippen LogP contribution in [0.25, 0.3) is 0 Å². The van der Waals surface area contributed by atoms with Gasteiger partial charge in [0.1, 0.15) is 5.60 Å². The fraction of sp³-hybridized carbons (Fsp3) is 0.536. The predicted molar refractivity (Wildman–Crippen MR) is 139 cm³/mol. The van der Waals surface area contributed by atoms with Gasteiger partial charge in [0.15, 0.2) is 0 Å². The second-order valence-corrected chi connectivity index (χ2v) is 15.0. The minimum atomic E-state index is -3.21. The quantitative estimate of drug-likeness (QED) is 0.532. The predicted octanol–water partition coefficient (Wildman–Crippen LogP) is 5.60. The summed E-state index contributed by atoms with van der Waals surface area (Å²) in [4.78, 5) is 14.4. The van der Waals surface area contributed by atoms with Crippen molar-refractivity contribution in [1.29, 1.82) is 0 Å². The number of carbonyl (C=O) groups excluding carboxylic acids is 1. The molecular weight excluding hydrogens is 426 g/mol. The maximum Gasteiger partial charge on any atom is 0.410 e. The molecule has 1 aliphatic rings. The van der Waals surface area contributed by atoms with Crippen molar-refractivity contribution in [1.82, 2.24) is 4.90 Å². The lowest BCUT2D eigenvalue weighted by Crippen LogP contribution is -2.67. The molecule has 2 atom stereocenters. The van der Waals surface area contributed by atoms with Gasteiger partial charge in [0.25, 0.3) is 8.32 Å². The van der Waals surface area contributed by atoms with Gasteiger partial charge in [-0.2, -0.15) is 0 Å². The zero-order chi connectivity index (χ0) is 28.8. The summed E-state index contributed by atoms with van der Waals surface area (Å²) in [6.07, 6.45) is -6.01. The van der Waals surface area contributed by atoms with Crippen molar-refractivity contribution < 1.29 is 20.8 Å². The van der Waals surface area contributed by atoms with Gasteiger partial charge in [-0.3, -0.25) is 0 Å². The van der Waals surface area contributed by atoms with E-state index in [1.807, 2.05) is 60.7 Å². The molecule has 4 nitrogen and oxygen atoms in total. The Labute approximate surface area is 208 Å². The highest BCUT2D eigenvalue weighted by atomic mass is 28.4. The Morgan fingerprint density at radius 3 is 1.97 bits per heavy atom. The largest absolute Gasteiger partial charge is 0.444 e. The van der Waals surface area contributed by atoms with E-state index in [0.29, 0.717) is 0 Å². The monoisotopic (exact) mass is 472 g/mol. The molecule has 2 aromatic carbocycles. The first-order valence-electron chi connectivity index (χ1n) is 14.1. The molecule has 1 saturated heterocycles. The van der Waals surface area contributed by atoms with Gasteiger partial charge in [0, 0.05) is 12.0 Å². The minimum Gasteiger partial charge on any atom is -0.444 e. The van der Waals surface area contributed by atoms with E-state index in [1.165, 1.54) is 0 Å². The summed E-state index contributed by atoms with van der Waals surface area (Å²) in [5, 5.41) is 1.44. The molecule has 0 aliphatic carbocycles. The van der Waals surface area contributed by atoms with Crippen molar-refractivity contribution in [3.8, 4) is 0 Å². The Balaban J connectivity index is 2.20. The number of piperidine rings is 1. The fourth-order valence-corrected chi connectivity index (χ4v) is 8.77. The topological polar surface area (TPSA) is 38.8 Å². The second kappa shape index (κ2) is 10.0. The van der Waals surface area contributed by atoms with Crippen molar-refractivity contribution in [2.75, 3.05) is 13.2 Å². The third-order valence-electron chi connectivity index (χ3n) is 5.70. The van der Waals surface area contributed by atoms with Crippen molar-refractivity contribution in [3.63, 3.8) is 0 Å². The van der Waals surface area contributed by atoms with Crippen molar-refractivity contribution >= 4 is 24.8 Å². The van der Waals surface area contributed by atoms with Gasteiger partial charge in [-0.1, -0.05) is 88.4 Å². The lowest BCUT2D eigenvalue weighted by atomic mass is 9.95. The molecular formula is C28H41NO3Si. The average molecular weight is 473 g/mol. The number of amides is 1. The van der Waals surface area contributed by atoms with E-state index in [-0.39, 0.29) is 6.54 Å². The average Bonchev–Trinajstić information content (AvgIpc) is 2.81. The lowest BCUT2D eigenvalue weighted by molar-refractivity contribution is -0.00348. The summed E-state index contributed by atoms with van der Waals surface area (Å²) in [6, 6.07) is 17.1. The molecule has 0 bridgehead atoms. The van der Waals surface area contributed by atoms with Crippen LogP contribution in [0, 0.1) is 5.92 Å². The molecule has 0 aromatic heterocycles. The number of nitrogens with zero attached hydrogens (tertiary/aromatic N) is 1. The van der Waals surface area contributed by atoms with Crippen LogP contribution in [-0.2, 0) is 9.16 Å². The van der Waals surface area contributed by atoms with Crippen LogP contribution >= 0.6 is 0 Å². The Bertz CT molecular complexity index is 1080. The summed E-state index contributed by atoms with van der Waals surface area (Å²) in [7, 11) is -3.21. The molecule has 3 rings (SSSR count). The third kappa shape index (κ3) is 5.88. The van der Waals surface area contributed by atoms with Crippen LogP contribution in [0.5, 0.6) is 0 Å². The van der Waals surface area contributed by atoms with Gasteiger partial charge in [0.05, 0.1) is 14.0 Å². The van der Waals surface area contributed by atoms with Crippen LogP contribution < -0.4 is 10.4 Å². The van der Waals surface area contributed by atoms with Crippen LogP contribution in [0.3, 0.4) is 0 Å². The number of hydrogen-bond donors (Lipinski definition) is 0. The zero-order valence-corrected chi connectivity index (χ0v) is 21.9. The summed E-state index contributed by atoms with van der Waals surface area (Å²) in [5.74, 6) is -0.864. The van der Waals surface area contributed by atoms with Crippen LogP contribution in [0.2, 0.25) is 5.04 Å². The van der Waals surface area contributed by atoms with Gasteiger partial charge in [-0.25, -0.2) is 4.79 Å². The standard InChI is InChI=1S/C28H41NO3Si/c1-22-18-19-23(29(20-22)26(30)32-27(2,3)4)21-31-33(28(5,6)7,24-14-10-8-11-15-24)25-16-12-9-13-17-25/h8-17,22-23H,18-21H2,1-7H3/t22-,23-/m0/s1/i18D2,19D2,23D. The van der Waals surface area contributed by atoms with Crippen LogP contribution in [-0.4, -0.2) is 44.1 Å². The van der Waals surface area contributed by atoms with E-state index in [4.69, 9.17) is 14.6 Å². The Morgan fingerprint density at radius 2 is 1.52 bits per heavy atom. The van der Waals surface area contributed by atoms with E-state index in [2.05, 4.69) is 20.8 Å². The van der Waals surface area contributed by atoms with Gasteiger partial charge >= 0.3 is 6.09 Å². The zero-order valence-electron chi connectivity index (χ0n) is 25.9. The van der Waals surface area contributed by atoms with Gasteiger partial charge in [-0.05, 0) is 54.8 Å². The van der Waals surface area contributed by atoms with E-state index in [9.17, 15) is 6.17 Å². The fourth-order valence-electron chi connectivity index (χ4n) is 4.26. The highest BCUT2D eigenvalue weighted by molar-refractivity contribution is 6.99. The van der Waals surface area contributed by atoms with Crippen LogP contribution in [0.4, 0.5) is 4.79 Å². The van der Waals surface area contributed by atoms with Gasteiger partial charge in [0.2, 0.25) is 0 Å². The summed E-state index contributed by atoms with van der Waals surface area (Å²) in [6.45, 7) is 12.2. The molecule has 5 heteroatoms. The van der Waals surface area contributed by atoms with Crippen LogP contribution in [0.1, 0.15) is 68.1 Å². The Kier molecular flexibility index (Phi) is 5.84. The molecule has 33 heavy (non-hydrogen) atoms. The number of hydrogen-bond acceptors (Lipinski definition) is 3. The van der Waals surface area contributed by atoms with Gasteiger partial charge < -0.3 is 14.1 Å². The summed E-state index contributed by atoms with van der Waals surface area (Å²) in [5.41, 5.74) is -0.872. The molecule has 180 valence electrons. The van der Waals surface area contributed by atoms with Crippen molar-refractivity contribution in [2.45, 2.75) is 77.9 Å². The minimum absolute atomic E-state index is 0.172. The normalized spacial score (nSPS) is 27.4. The molecule has 0 spiro atoms. The van der Waals surface area contributed by atoms with E-state index >= 15 is 0 Å². The number of rotatable bonds is 5. The lowest BCUT2D eigenvalue weighted by Gasteiger charge is -2.45. The molecule has 1 aliphatic heterocycles. The van der Waals surface area contributed by atoms with E-state index in [1.54, 1.807) is 27.7 Å². The maximum absolute atomic E-state index is 13.4. The number of likely N-dealkylation sites (tertiary alicyclic amines) is 1. The number of ether oxygens (including phenoxy) is 1. The first kappa shape index (κ1) is 19.2. The first-order chi connectivity index (χ1) is 17.3. The Morgan fingerprint density at radius 1 is 1.00 bits per heavy atom. The molecule has 0 unspecified atom stereocenters. The van der Waals surface area contributed by atoms with Crippen molar-refractivity contribution in [2.24, 2.45) is 5.92 Å². The molecule has 1 fully saturated rings. The van der Waals surface area contributed by atoms with Crippen molar-refractivity contribution in [3.05, 3.63) is 60.7 Å². The number of benzene rings is 2. The SMILES string of the molecule is [2H]C1([2H])[C@H](C)CN(C(=O)OC(C)(C)C)[C@]([2H])(CO[Si](c2ccccc2)(c2ccccc2)C(C)(C)C)C1([2H])[2H]. The smallest absolute Gasteiger partial charge is 0.410 e. The van der Waals surface area contributed by atoms with E-state index < -0.39 is 56.3 Å². The Hall–Kier alpha value is -2.11. The summed E-state index contributed by atoms with van der Waals surface area (Å²) < 4.78 is 57.1. The highest BCUT2D eigenvalue weighted by Crippen LogP contribution is 2.37. The molecule has 0 saturated carbocycles. The first-order valence-corrected chi connectivity index (χ1v) is 13.5. The maximum atomic E-state index is 13.4. The third-order valence-corrected chi connectivity index (χ3v) is 10.7. The highest BCUT2D eigenvalue weighted by Gasteiger charge is 2.50. The van der Waals surface area contributed by atoms with Crippen LogP contribution in [0.15, 0.2) is 60.7 Å². The van der Waals surface area contributed by atoms with E-state index in [0.717, 1.165) is 15.3 Å². The summed E-state index contributed by atoms with van der Waals surface area (Å²) >= 11 is 0. The second-order valence-electron chi connectivity index (χ2n) is 10.7. The molecule has 2 aromatic rings. The number of carbonyl (C=O) groups is 1. The molecule has 0 N–H and O–H groups in total. The molecule has 1 amide bonds. The van der Waals surface area contributed by atoms with Gasteiger partial charge in [-0.15, -0.1) is 0 Å². The molecule has 1 heterocycles. The molecule has 0 radical (unpaired) electrons.